The number of carboxylic acids is 1. The normalized spacial score (nSPS) is 17.3. The second-order valence-electron chi connectivity index (χ2n) is 11.4. The number of methoxy groups -OCH3 is 2. The zero-order valence-corrected chi connectivity index (χ0v) is 26.6. The molecule has 2 aliphatic heterocycles. The number of hydrogen-bond donors (Lipinski definition) is 3. The summed E-state index contributed by atoms with van der Waals surface area (Å²) in [7, 11) is -1.08. The monoisotopic (exact) mass is 650 g/mol. The third-order valence-corrected chi connectivity index (χ3v) is 10.3. The summed E-state index contributed by atoms with van der Waals surface area (Å²) in [5, 5.41) is 15.4. The van der Waals surface area contributed by atoms with Crippen LogP contribution in [0.5, 0.6) is 11.5 Å². The second-order valence-corrected chi connectivity index (χ2v) is 13.3. The standard InChI is InChI=1S/C33H38N4O8S/c1-44-29-14-13-27(19-30(29)45-2)46(42,43)37-16-5-8-25(21-37)31(38)35-28(32(39)40)18-22-9-11-26(12-10-22)34-33(41)36-17-15-23-6-3-4-7-24(23)20-36/h3-4,6-7,9-14,19,25,28H,5,8,15-18,20-21H2,1-2H3,(H,34,41)(H,35,38)(H,39,40)/t25?,28-/m0/s1. The second kappa shape index (κ2) is 14.2. The van der Waals surface area contributed by atoms with Crippen molar-refractivity contribution in [3.63, 3.8) is 0 Å². The number of hydrogen-bond acceptors (Lipinski definition) is 7. The SMILES string of the molecule is COc1ccc(S(=O)(=O)N2CCCC(C(=O)N[C@@H](Cc3ccc(NC(=O)N4CCc5ccccc5C4)cc3)C(=O)O)C2)cc1OC. The molecule has 1 saturated heterocycles. The fourth-order valence-corrected chi connectivity index (χ4v) is 7.36. The lowest BCUT2D eigenvalue weighted by Gasteiger charge is -2.32. The van der Waals surface area contributed by atoms with E-state index in [-0.39, 0.29) is 36.2 Å². The number of carboxylic acid groups (broad SMARTS) is 1. The smallest absolute Gasteiger partial charge is 0.326 e. The van der Waals surface area contributed by atoms with Crippen molar-refractivity contribution in [3.8, 4) is 11.5 Å². The molecule has 5 rings (SSSR count). The Kier molecular flexibility index (Phi) is 10.1. The predicted molar refractivity (Wildman–Crippen MR) is 170 cm³/mol. The topological polar surface area (TPSA) is 155 Å². The van der Waals surface area contributed by atoms with E-state index in [2.05, 4.69) is 16.7 Å². The summed E-state index contributed by atoms with van der Waals surface area (Å²) in [6, 6.07) is 17.7. The lowest BCUT2D eigenvalue weighted by molar-refractivity contribution is -0.142. The van der Waals surface area contributed by atoms with Crippen LogP contribution in [-0.4, -0.2) is 80.5 Å². The predicted octanol–water partition coefficient (Wildman–Crippen LogP) is 3.51. The van der Waals surface area contributed by atoms with Gasteiger partial charge in [-0.3, -0.25) is 4.79 Å². The highest BCUT2D eigenvalue weighted by Gasteiger charge is 2.35. The Morgan fingerprint density at radius 1 is 0.957 bits per heavy atom. The number of amides is 3. The number of aliphatic carboxylic acids is 1. The molecule has 0 radical (unpaired) electrons. The fraction of sp³-hybridized carbons (Fsp3) is 0.364. The van der Waals surface area contributed by atoms with E-state index in [1.54, 1.807) is 29.2 Å². The van der Waals surface area contributed by atoms with E-state index in [4.69, 9.17) is 9.47 Å². The molecular formula is C33H38N4O8S. The van der Waals surface area contributed by atoms with Crippen molar-refractivity contribution in [2.45, 2.75) is 43.2 Å². The van der Waals surface area contributed by atoms with Crippen molar-refractivity contribution in [2.75, 3.05) is 39.2 Å². The number of benzene rings is 3. The molecule has 1 fully saturated rings. The first-order chi connectivity index (χ1) is 22.1. The lowest BCUT2D eigenvalue weighted by Crippen LogP contribution is -2.50. The van der Waals surface area contributed by atoms with Crippen LogP contribution in [-0.2, 0) is 39.0 Å². The Hall–Kier alpha value is -4.62. The summed E-state index contributed by atoms with van der Waals surface area (Å²) in [5.41, 5.74) is 3.60. The molecule has 2 heterocycles. The highest BCUT2D eigenvalue weighted by Crippen LogP contribution is 2.32. The Labute approximate surface area is 268 Å². The minimum atomic E-state index is -3.94. The van der Waals surface area contributed by atoms with Crippen LogP contribution in [0, 0.1) is 5.92 Å². The van der Waals surface area contributed by atoms with E-state index in [0.717, 1.165) is 12.0 Å². The average molecular weight is 651 g/mol. The molecule has 3 aromatic carbocycles. The quantitative estimate of drug-likeness (QED) is 0.301. The Morgan fingerprint density at radius 3 is 2.37 bits per heavy atom. The molecule has 12 nitrogen and oxygen atoms in total. The molecule has 3 N–H and O–H groups in total. The van der Waals surface area contributed by atoms with Crippen LogP contribution in [0.3, 0.4) is 0 Å². The number of ether oxygens (including phenoxy) is 2. The lowest BCUT2D eigenvalue weighted by atomic mass is 9.97. The Morgan fingerprint density at radius 2 is 1.67 bits per heavy atom. The summed E-state index contributed by atoms with van der Waals surface area (Å²) in [6.07, 6.45) is 1.67. The first kappa shape index (κ1) is 32.8. The van der Waals surface area contributed by atoms with Crippen LogP contribution < -0.4 is 20.1 Å². The van der Waals surface area contributed by atoms with Crippen LogP contribution in [0.2, 0.25) is 0 Å². The van der Waals surface area contributed by atoms with Gasteiger partial charge in [-0.2, -0.15) is 4.31 Å². The molecule has 3 amide bonds. The summed E-state index contributed by atoms with van der Waals surface area (Å²) in [5.74, 6) is -1.79. The van der Waals surface area contributed by atoms with Crippen molar-refractivity contribution < 1.29 is 37.4 Å². The number of sulfonamides is 1. The molecule has 2 aliphatic rings. The molecule has 3 aromatic rings. The first-order valence-corrected chi connectivity index (χ1v) is 16.5. The van der Waals surface area contributed by atoms with Gasteiger partial charge < -0.3 is 30.1 Å². The van der Waals surface area contributed by atoms with Crippen molar-refractivity contribution in [2.24, 2.45) is 5.92 Å². The van der Waals surface area contributed by atoms with Crippen molar-refractivity contribution >= 4 is 33.6 Å². The number of urea groups is 1. The van der Waals surface area contributed by atoms with Crippen LogP contribution in [0.25, 0.3) is 0 Å². The summed E-state index contributed by atoms with van der Waals surface area (Å²) >= 11 is 0. The van der Waals surface area contributed by atoms with Gasteiger partial charge in [-0.1, -0.05) is 36.4 Å². The van der Waals surface area contributed by atoms with Crippen molar-refractivity contribution in [3.05, 3.63) is 83.4 Å². The molecular weight excluding hydrogens is 612 g/mol. The number of fused-ring (bicyclic) bond motifs is 1. The summed E-state index contributed by atoms with van der Waals surface area (Å²) < 4.78 is 38.5. The Bertz CT molecular complexity index is 1700. The zero-order chi connectivity index (χ0) is 32.8. The molecule has 0 spiro atoms. The van der Waals surface area contributed by atoms with Gasteiger partial charge in [-0.15, -0.1) is 0 Å². The number of piperidine rings is 1. The van der Waals surface area contributed by atoms with Gasteiger partial charge in [0, 0.05) is 44.4 Å². The molecule has 13 heteroatoms. The number of anilines is 1. The van der Waals surface area contributed by atoms with Gasteiger partial charge in [0.05, 0.1) is 25.0 Å². The third kappa shape index (κ3) is 7.43. The molecule has 0 aromatic heterocycles. The molecule has 0 bridgehead atoms. The highest BCUT2D eigenvalue weighted by atomic mass is 32.2. The summed E-state index contributed by atoms with van der Waals surface area (Å²) in [6.45, 7) is 1.30. The van der Waals surface area contributed by atoms with Crippen molar-refractivity contribution in [1.29, 1.82) is 0 Å². The number of nitrogens with zero attached hydrogens (tertiary/aromatic N) is 2. The van der Waals surface area contributed by atoms with E-state index < -0.39 is 33.9 Å². The molecule has 0 saturated carbocycles. The molecule has 2 atom stereocenters. The number of rotatable bonds is 10. The number of carbonyl (C=O) groups excluding carboxylic acids is 2. The first-order valence-electron chi connectivity index (χ1n) is 15.1. The molecule has 0 aliphatic carbocycles. The van der Waals surface area contributed by atoms with Crippen LogP contribution >= 0.6 is 0 Å². The summed E-state index contributed by atoms with van der Waals surface area (Å²) in [4.78, 5) is 39.9. The van der Waals surface area contributed by atoms with E-state index >= 15 is 0 Å². The van der Waals surface area contributed by atoms with E-state index in [1.165, 1.54) is 42.3 Å². The minimum absolute atomic E-state index is 0.00974. The van der Waals surface area contributed by atoms with Gasteiger partial charge in [0.2, 0.25) is 15.9 Å². The number of nitrogens with one attached hydrogen (secondary N) is 2. The number of carbonyl (C=O) groups is 3. The van der Waals surface area contributed by atoms with Crippen LogP contribution in [0.15, 0.2) is 71.6 Å². The maximum Gasteiger partial charge on any atom is 0.326 e. The zero-order valence-electron chi connectivity index (χ0n) is 25.8. The third-order valence-electron chi connectivity index (χ3n) is 8.43. The van der Waals surface area contributed by atoms with Crippen LogP contribution in [0.1, 0.15) is 29.5 Å². The van der Waals surface area contributed by atoms with Crippen molar-refractivity contribution in [1.82, 2.24) is 14.5 Å². The molecule has 1 unspecified atom stereocenters. The van der Waals surface area contributed by atoms with Gasteiger partial charge in [-0.25, -0.2) is 18.0 Å². The minimum Gasteiger partial charge on any atom is -0.493 e. The highest BCUT2D eigenvalue weighted by molar-refractivity contribution is 7.89. The molecule has 46 heavy (non-hydrogen) atoms. The average Bonchev–Trinajstić information content (AvgIpc) is 3.08. The van der Waals surface area contributed by atoms with E-state index in [9.17, 15) is 27.9 Å². The largest absolute Gasteiger partial charge is 0.493 e. The van der Waals surface area contributed by atoms with Gasteiger partial charge in [0.1, 0.15) is 6.04 Å². The molecule has 244 valence electrons. The maximum atomic E-state index is 13.4. The van der Waals surface area contributed by atoms with Gasteiger partial charge in [-0.05, 0) is 60.2 Å². The van der Waals surface area contributed by atoms with E-state index in [1.807, 2.05) is 18.2 Å². The fourth-order valence-electron chi connectivity index (χ4n) is 5.82. The Balaban J connectivity index is 1.17. The van der Waals surface area contributed by atoms with Gasteiger partial charge >= 0.3 is 12.0 Å². The maximum absolute atomic E-state index is 13.4. The van der Waals surface area contributed by atoms with Crippen LogP contribution in [0.4, 0.5) is 10.5 Å². The van der Waals surface area contributed by atoms with E-state index in [0.29, 0.717) is 42.9 Å². The van der Waals surface area contributed by atoms with Gasteiger partial charge in [0.15, 0.2) is 11.5 Å². The van der Waals surface area contributed by atoms with Gasteiger partial charge in [0.25, 0.3) is 0 Å².